The number of aromatic nitrogens is 1. The van der Waals surface area contributed by atoms with Gasteiger partial charge in [0.15, 0.2) is 10.4 Å². The molecule has 0 aliphatic carbocycles. The Bertz CT molecular complexity index is 972. The van der Waals surface area contributed by atoms with Gasteiger partial charge in [0, 0.05) is 7.05 Å². The summed E-state index contributed by atoms with van der Waals surface area (Å²) in [4.78, 5) is 24.2. The Labute approximate surface area is 149 Å². The Morgan fingerprint density at radius 3 is 2.79 bits per heavy atom. The van der Waals surface area contributed by atoms with Crippen LogP contribution in [0.4, 0.5) is 0 Å². The molecule has 2 amide bonds. The van der Waals surface area contributed by atoms with E-state index in [1.807, 2.05) is 35.9 Å². The Morgan fingerprint density at radius 1 is 1.29 bits per heavy atom. The molecule has 0 aliphatic rings. The van der Waals surface area contributed by atoms with Gasteiger partial charge < -0.3 is 14.3 Å². The van der Waals surface area contributed by atoms with Gasteiger partial charge in [-0.05, 0) is 40.2 Å². The number of furan rings is 1. The average Bonchev–Trinajstić information content (AvgIpc) is 3.15. The standard InChI is InChI=1S/C15H13BrN4O3S/c1-20-9-4-2-3-5-11(9)24-15(20)19-18-13(21)8-17-14(22)10-6-7-12(16)23-10/h2-7H,8H2,1H3,(H,17,22)(H,18,21)/b19-15+. The minimum absolute atomic E-state index is 0.127. The fraction of sp³-hybridized carbons (Fsp3) is 0.133. The summed E-state index contributed by atoms with van der Waals surface area (Å²) >= 11 is 4.57. The van der Waals surface area contributed by atoms with Crippen LogP contribution in [-0.4, -0.2) is 22.9 Å². The fourth-order valence-corrected chi connectivity index (χ4v) is 3.31. The fourth-order valence-electron chi connectivity index (χ4n) is 2.02. The lowest BCUT2D eigenvalue weighted by Crippen LogP contribution is -2.35. The zero-order valence-corrected chi connectivity index (χ0v) is 15.0. The molecule has 0 bridgehead atoms. The Balaban J connectivity index is 1.62. The Hall–Kier alpha value is -2.39. The molecule has 9 heteroatoms. The number of aryl methyl sites for hydroxylation is 1. The van der Waals surface area contributed by atoms with Gasteiger partial charge in [0.1, 0.15) is 0 Å². The van der Waals surface area contributed by atoms with Crippen molar-refractivity contribution in [2.45, 2.75) is 0 Å². The first-order valence-electron chi connectivity index (χ1n) is 6.95. The van der Waals surface area contributed by atoms with Gasteiger partial charge in [0.2, 0.25) is 4.80 Å². The smallest absolute Gasteiger partial charge is 0.287 e. The summed E-state index contributed by atoms with van der Waals surface area (Å²) in [6.07, 6.45) is 0. The third-order valence-electron chi connectivity index (χ3n) is 3.20. The van der Waals surface area contributed by atoms with Crippen molar-refractivity contribution in [2.24, 2.45) is 12.1 Å². The number of halogens is 1. The number of thiazole rings is 1. The van der Waals surface area contributed by atoms with Gasteiger partial charge in [-0.2, -0.15) is 0 Å². The number of amides is 2. The highest BCUT2D eigenvalue weighted by Crippen LogP contribution is 2.15. The summed E-state index contributed by atoms with van der Waals surface area (Å²) in [5.41, 5.74) is 3.47. The minimum Gasteiger partial charge on any atom is -0.444 e. The van der Waals surface area contributed by atoms with Crippen LogP contribution in [0.3, 0.4) is 0 Å². The van der Waals surface area contributed by atoms with Crippen molar-refractivity contribution in [3.63, 3.8) is 0 Å². The van der Waals surface area contributed by atoms with Crippen LogP contribution in [0.1, 0.15) is 10.6 Å². The Kier molecular flexibility index (Phi) is 4.81. The molecule has 0 atom stereocenters. The van der Waals surface area contributed by atoms with Crippen LogP contribution in [0.5, 0.6) is 0 Å². The number of carbonyl (C=O) groups is 2. The van der Waals surface area contributed by atoms with Gasteiger partial charge in [0.05, 0.1) is 16.8 Å². The van der Waals surface area contributed by atoms with Crippen molar-refractivity contribution >= 4 is 49.3 Å². The molecule has 0 saturated heterocycles. The van der Waals surface area contributed by atoms with Crippen LogP contribution in [0, 0.1) is 0 Å². The number of para-hydroxylation sites is 1. The zero-order valence-electron chi connectivity index (χ0n) is 12.6. The lowest BCUT2D eigenvalue weighted by molar-refractivity contribution is -0.120. The van der Waals surface area contributed by atoms with Crippen LogP contribution < -0.4 is 15.5 Å². The maximum atomic E-state index is 11.8. The topological polar surface area (TPSA) is 88.6 Å². The zero-order chi connectivity index (χ0) is 17.1. The summed E-state index contributed by atoms with van der Waals surface area (Å²) < 4.78 is 8.51. The van der Waals surface area contributed by atoms with E-state index in [0.717, 1.165) is 10.2 Å². The molecule has 7 nitrogen and oxygen atoms in total. The van der Waals surface area contributed by atoms with Crippen molar-refractivity contribution in [1.82, 2.24) is 15.3 Å². The van der Waals surface area contributed by atoms with E-state index in [1.165, 1.54) is 17.4 Å². The predicted octanol–water partition coefficient (Wildman–Crippen LogP) is 1.96. The summed E-state index contributed by atoms with van der Waals surface area (Å²) in [6.45, 7) is -0.199. The van der Waals surface area contributed by atoms with E-state index in [0.29, 0.717) is 9.47 Å². The van der Waals surface area contributed by atoms with Crippen LogP contribution in [0.15, 0.2) is 50.6 Å². The molecule has 24 heavy (non-hydrogen) atoms. The van der Waals surface area contributed by atoms with E-state index < -0.39 is 11.8 Å². The maximum absolute atomic E-state index is 11.8. The molecular formula is C15H13BrN4O3S. The highest BCUT2D eigenvalue weighted by atomic mass is 79.9. The van der Waals surface area contributed by atoms with Gasteiger partial charge in [0.25, 0.3) is 11.8 Å². The summed E-state index contributed by atoms with van der Waals surface area (Å²) in [7, 11) is 1.88. The molecule has 124 valence electrons. The highest BCUT2D eigenvalue weighted by Gasteiger charge is 2.11. The molecule has 3 rings (SSSR count). The second-order valence-corrected chi connectivity index (χ2v) is 6.64. The Morgan fingerprint density at radius 2 is 2.08 bits per heavy atom. The number of rotatable bonds is 4. The quantitative estimate of drug-likeness (QED) is 0.646. The number of benzene rings is 1. The van der Waals surface area contributed by atoms with Gasteiger partial charge in [-0.25, -0.2) is 5.43 Å². The second-order valence-electron chi connectivity index (χ2n) is 4.84. The van der Waals surface area contributed by atoms with E-state index in [2.05, 4.69) is 31.8 Å². The molecule has 0 fully saturated rings. The van der Waals surface area contributed by atoms with E-state index >= 15 is 0 Å². The van der Waals surface area contributed by atoms with Crippen molar-refractivity contribution in [1.29, 1.82) is 0 Å². The minimum atomic E-state index is -0.469. The molecule has 2 aromatic heterocycles. The monoisotopic (exact) mass is 408 g/mol. The summed E-state index contributed by atoms with van der Waals surface area (Å²) in [5.74, 6) is -0.766. The van der Waals surface area contributed by atoms with Gasteiger partial charge >= 0.3 is 0 Å². The maximum Gasteiger partial charge on any atom is 0.287 e. The third-order valence-corrected chi connectivity index (χ3v) is 4.74. The van der Waals surface area contributed by atoms with Crippen molar-refractivity contribution in [3.8, 4) is 0 Å². The lowest BCUT2D eigenvalue weighted by Gasteiger charge is -2.01. The summed E-state index contributed by atoms with van der Waals surface area (Å²) in [6, 6.07) is 11.0. The number of carbonyl (C=O) groups excluding carboxylic acids is 2. The van der Waals surface area contributed by atoms with Crippen molar-refractivity contribution in [3.05, 3.63) is 51.6 Å². The van der Waals surface area contributed by atoms with E-state index in [-0.39, 0.29) is 12.3 Å². The van der Waals surface area contributed by atoms with Crippen LogP contribution in [0.25, 0.3) is 10.2 Å². The second kappa shape index (κ2) is 7.02. The van der Waals surface area contributed by atoms with E-state index in [4.69, 9.17) is 4.42 Å². The number of hydrogen-bond acceptors (Lipinski definition) is 5. The first kappa shape index (κ1) is 16.5. The average molecular weight is 409 g/mol. The molecule has 2 N–H and O–H groups in total. The number of nitrogens with zero attached hydrogens (tertiary/aromatic N) is 2. The predicted molar refractivity (Wildman–Crippen MR) is 93.2 cm³/mol. The molecule has 0 saturated carbocycles. The van der Waals surface area contributed by atoms with Crippen molar-refractivity contribution in [2.75, 3.05) is 6.54 Å². The lowest BCUT2D eigenvalue weighted by atomic mass is 10.3. The number of nitrogens with one attached hydrogen (secondary N) is 2. The molecule has 0 radical (unpaired) electrons. The molecular weight excluding hydrogens is 396 g/mol. The van der Waals surface area contributed by atoms with Gasteiger partial charge in [-0.15, -0.1) is 5.10 Å². The van der Waals surface area contributed by atoms with Gasteiger partial charge in [-0.1, -0.05) is 23.5 Å². The number of hydrogen-bond donors (Lipinski definition) is 2. The number of fused-ring (bicyclic) bond motifs is 1. The SMILES string of the molecule is Cn1/c(=N\NC(=O)CNC(=O)c2ccc(Br)o2)sc2ccccc21. The summed E-state index contributed by atoms with van der Waals surface area (Å²) in [5, 5.41) is 6.56. The molecule has 2 heterocycles. The molecule has 0 spiro atoms. The first-order chi connectivity index (χ1) is 11.5. The normalized spacial score (nSPS) is 11.7. The van der Waals surface area contributed by atoms with Crippen LogP contribution >= 0.6 is 27.3 Å². The third kappa shape index (κ3) is 3.57. The molecule has 0 aliphatic heterocycles. The molecule has 1 aromatic carbocycles. The molecule has 3 aromatic rings. The van der Waals surface area contributed by atoms with Crippen LogP contribution in [-0.2, 0) is 11.8 Å². The van der Waals surface area contributed by atoms with E-state index in [1.54, 1.807) is 6.07 Å². The first-order valence-corrected chi connectivity index (χ1v) is 8.56. The van der Waals surface area contributed by atoms with E-state index in [9.17, 15) is 9.59 Å². The molecule has 0 unspecified atom stereocenters. The van der Waals surface area contributed by atoms with Crippen LogP contribution in [0.2, 0.25) is 0 Å². The largest absolute Gasteiger partial charge is 0.444 e. The highest BCUT2D eigenvalue weighted by molar-refractivity contribution is 9.10. The van der Waals surface area contributed by atoms with Gasteiger partial charge in [-0.3, -0.25) is 9.59 Å². The van der Waals surface area contributed by atoms with Crippen molar-refractivity contribution < 1.29 is 14.0 Å².